The summed E-state index contributed by atoms with van der Waals surface area (Å²) in [5.41, 5.74) is 2.52. The number of aromatic nitrogens is 1. The summed E-state index contributed by atoms with van der Waals surface area (Å²) in [7, 11) is 0. The lowest BCUT2D eigenvalue weighted by atomic mass is 10.1. The molecule has 1 N–H and O–H groups in total. The highest BCUT2D eigenvalue weighted by Gasteiger charge is 2.10. The van der Waals surface area contributed by atoms with Crippen molar-refractivity contribution >= 4 is 51.8 Å². The van der Waals surface area contributed by atoms with E-state index in [0.717, 1.165) is 0 Å². The van der Waals surface area contributed by atoms with Gasteiger partial charge >= 0.3 is 0 Å². The molecule has 0 atom stereocenters. The number of halogens is 1. The highest BCUT2D eigenvalue weighted by atomic mass is 35.5. The van der Waals surface area contributed by atoms with Gasteiger partial charge in [0.25, 0.3) is 5.22 Å². The van der Waals surface area contributed by atoms with Crippen molar-refractivity contribution in [3.63, 3.8) is 0 Å². The Morgan fingerprint density at radius 3 is 2.67 bits per heavy atom. The summed E-state index contributed by atoms with van der Waals surface area (Å²) in [6, 6.07) is 11.9. The van der Waals surface area contributed by atoms with Gasteiger partial charge in [0.15, 0.2) is 11.4 Å². The maximum atomic E-state index is 12.0. The van der Waals surface area contributed by atoms with Crippen LogP contribution in [0.3, 0.4) is 0 Å². The molecule has 3 rings (SSSR count). The number of benzene rings is 2. The molecule has 7 heteroatoms. The molecule has 0 bridgehead atoms. The van der Waals surface area contributed by atoms with Crippen molar-refractivity contribution < 1.29 is 14.0 Å². The summed E-state index contributed by atoms with van der Waals surface area (Å²) in [5.74, 6) is -0.0370. The molecule has 2 aromatic carbocycles. The van der Waals surface area contributed by atoms with E-state index in [1.54, 1.807) is 42.5 Å². The van der Waals surface area contributed by atoms with Crippen molar-refractivity contribution in [2.45, 2.75) is 12.1 Å². The fourth-order valence-corrected chi connectivity index (χ4v) is 2.86. The molecule has 1 aromatic heterocycles. The van der Waals surface area contributed by atoms with Crippen LogP contribution in [0.2, 0.25) is 5.02 Å². The number of nitrogens with zero attached hydrogens (tertiary/aromatic N) is 1. The fraction of sp³-hybridized carbons (Fsp3) is 0.118. The molecule has 0 fully saturated rings. The second-order valence-corrected chi connectivity index (χ2v) is 6.43. The van der Waals surface area contributed by atoms with Gasteiger partial charge in [0.1, 0.15) is 5.52 Å². The summed E-state index contributed by atoms with van der Waals surface area (Å²) < 4.78 is 5.54. The summed E-state index contributed by atoms with van der Waals surface area (Å²) in [4.78, 5) is 27.5. The number of hydrogen-bond acceptors (Lipinski definition) is 5. The number of thioether (sulfide) groups is 1. The summed E-state index contributed by atoms with van der Waals surface area (Å²) >= 11 is 7.10. The molecule has 0 unspecified atom stereocenters. The Kier molecular flexibility index (Phi) is 4.87. The zero-order chi connectivity index (χ0) is 17.1. The van der Waals surface area contributed by atoms with Crippen molar-refractivity contribution in [3.05, 3.63) is 53.1 Å². The highest BCUT2D eigenvalue weighted by molar-refractivity contribution is 7.99. The number of fused-ring (bicyclic) bond motifs is 1. The molecule has 0 aliphatic carbocycles. The zero-order valence-corrected chi connectivity index (χ0v) is 14.3. The molecular formula is C17H13ClN2O3S. The van der Waals surface area contributed by atoms with Gasteiger partial charge in [0.2, 0.25) is 5.91 Å². The first-order valence-electron chi connectivity index (χ1n) is 7.11. The monoisotopic (exact) mass is 360 g/mol. The Labute approximate surface area is 147 Å². The van der Waals surface area contributed by atoms with E-state index in [-0.39, 0.29) is 17.4 Å². The third-order valence-electron chi connectivity index (χ3n) is 3.23. The first-order chi connectivity index (χ1) is 11.5. The van der Waals surface area contributed by atoms with Crippen LogP contribution in [-0.2, 0) is 4.79 Å². The Hall–Kier alpha value is -2.31. The van der Waals surface area contributed by atoms with Crippen LogP contribution in [0.1, 0.15) is 17.3 Å². The van der Waals surface area contributed by atoms with E-state index >= 15 is 0 Å². The standard InChI is InChI=1S/C17H13ClN2O3S/c1-10(21)11-2-5-13(6-3-11)19-16(22)9-24-17-20-14-8-12(18)4-7-15(14)23-17/h2-8H,9H2,1H3,(H,19,22). The third-order valence-corrected chi connectivity index (χ3v) is 4.30. The van der Waals surface area contributed by atoms with Gasteiger partial charge in [-0.2, -0.15) is 0 Å². The first-order valence-corrected chi connectivity index (χ1v) is 8.47. The van der Waals surface area contributed by atoms with Crippen LogP contribution in [0.15, 0.2) is 52.1 Å². The summed E-state index contributed by atoms with van der Waals surface area (Å²) in [6.07, 6.45) is 0. The number of ketones is 1. The van der Waals surface area contributed by atoms with Gasteiger partial charge in [-0.25, -0.2) is 4.98 Å². The van der Waals surface area contributed by atoms with E-state index in [1.165, 1.54) is 18.7 Å². The van der Waals surface area contributed by atoms with Crippen LogP contribution >= 0.6 is 23.4 Å². The number of anilines is 1. The average Bonchev–Trinajstić information content (AvgIpc) is 2.95. The quantitative estimate of drug-likeness (QED) is 0.538. The minimum absolute atomic E-state index is 0.0144. The Balaban J connectivity index is 1.59. The number of rotatable bonds is 5. The van der Waals surface area contributed by atoms with Crippen molar-refractivity contribution in [2.75, 3.05) is 11.1 Å². The lowest BCUT2D eigenvalue weighted by Gasteiger charge is -2.04. The van der Waals surface area contributed by atoms with Crippen LogP contribution in [0.25, 0.3) is 11.1 Å². The zero-order valence-electron chi connectivity index (χ0n) is 12.7. The molecule has 0 radical (unpaired) electrons. The summed E-state index contributed by atoms with van der Waals surface area (Å²) in [5, 5.41) is 3.75. The molecule has 3 aromatic rings. The molecular weight excluding hydrogens is 348 g/mol. The average molecular weight is 361 g/mol. The summed E-state index contributed by atoms with van der Waals surface area (Å²) in [6.45, 7) is 1.50. The van der Waals surface area contributed by atoms with E-state index in [1.807, 2.05) is 0 Å². The minimum atomic E-state index is -0.184. The topological polar surface area (TPSA) is 72.2 Å². The van der Waals surface area contributed by atoms with Gasteiger partial charge in [-0.05, 0) is 49.4 Å². The van der Waals surface area contributed by atoms with Gasteiger partial charge in [-0.15, -0.1) is 0 Å². The highest BCUT2D eigenvalue weighted by Crippen LogP contribution is 2.25. The van der Waals surface area contributed by atoms with Crippen molar-refractivity contribution in [1.82, 2.24) is 4.98 Å². The van der Waals surface area contributed by atoms with Crippen molar-refractivity contribution in [3.8, 4) is 0 Å². The number of nitrogens with one attached hydrogen (secondary N) is 1. The van der Waals surface area contributed by atoms with Gasteiger partial charge in [0.05, 0.1) is 5.75 Å². The van der Waals surface area contributed by atoms with E-state index in [9.17, 15) is 9.59 Å². The SMILES string of the molecule is CC(=O)c1ccc(NC(=O)CSc2nc3cc(Cl)ccc3o2)cc1. The van der Waals surface area contributed by atoms with Gasteiger partial charge in [0, 0.05) is 16.3 Å². The van der Waals surface area contributed by atoms with Crippen molar-refractivity contribution in [1.29, 1.82) is 0 Å². The second kappa shape index (κ2) is 7.07. The minimum Gasteiger partial charge on any atom is -0.431 e. The first kappa shape index (κ1) is 16.5. The molecule has 0 saturated carbocycles. The molecule has 122 valence electrons. The Morgan fingerprint density at radius 2 is 1.96 bits per heavy atom. The molecule has 1 amide bonds. The fourth-order valence-electron chi connectivity index (χ4n) is 2.05. The van der Waals surface area contributed by atoms with Crippen LogP contribution < -0.4 is 5.32 Å². The van der Waals surface area contributed by atoms with Crippen molar-refractivity contribution in [2.24, 2.45) is 0 Å². The van der Waals surface area contributed by atoms with Crippen LogP contribution in [0.4, 0.5) is 5.69 Å². The number of oxazole rings is 1. The normalized spacial score (nSPS) is 10.8. The van der Waals surface area contributed by atoms with E-state index in [4.69, 9.17) is 16.0 Å². The van der Waals surface area contributed by atoms with Gasteiger partial charge in [-0.1, -0.05) is 23.4 Å². The lowest BCUT2D eigenvalue weighted by Crippen LogP contribution is -2.14. The molecule has 0 aliphatic rings. The predicted octanol–water partition coefficient (Wildman–Crippen LogP) is 4.41. The predicted molar refractivity (Wildman–Crippen MR) is 94.8 cm³/mol. The van der Waals surface area contributed by atoms with E-state index < -0.39 is 0 Å². The van der Waals surface area contributed by atoms with Gasteiger partial charge < -0.3 is 9.73 Å². The Morgan fingerprint density at radius 1 is 1.21 bits per heavy atom. The van der Waals surface area contributed by atoms with E-state index in [2.05, 4.69) is 10.3 Å². The number of hydrogen-bond donors (Lipinski definition) is 1. The van der Waals surface area contributed by atoms with E-state index in [0.29, 0.717) is 32.6 Å². The lowest BCUT2D eigenvalue weighted by molar-refractivity contribution is -0.113. The maximum Gasteiger partial charge on any atom is 0.257 e. The molecule has 0 aliphatic heterocycles. The Bertz CT molecular complexity index is 906. The smallest absolute Gasteiger partial charge is 0.257 e. The maximum absolute atomic E-state index is 12.0. The molecule has 0 spiro atoms. The third kappa shape index (κ3) is 3.96. The van der Waals surface area contributed by atoms with Crippen LogP contribution in [0, 0.1) is 0 Å². The van der Waals surface area contributed by atoms with Crippen LogP contribution in [-0.4, -0.2) is 22.4 Å². The number of carbonyl (C=O) groups excluding carboxylic acids is 2. The molecule has 1 heterocycles. The van der Waals surface area contributed by atoms with Crippen LogP contribution in [0.5, 0.6) is 0 Å². The van der Waals surface area contributed by atoms with Gasteiger partial charge in [-0.3, -0.25) is 9.59 Å². The molecule has 0 saturated heterocycles. The second-order valence-electron chi connectivity index (χ2n) is 5.06. The number of carbonyl (C=O) groups is 2. The molecule has 24 heavy (non-hydrogen) atoms. The number of Topliss-reactive ketones (excluding diaryl/α,β-unsaturated/α-hetero) is 1. The molecule has 5 nitrogen and oxygen atoms in total. The largest absolute Gasteiger partial charge is 0.431 e. The number of amides is 1.